The zero-order valence-corrected chi connectivity index (χ0v) is 28.1. The Kier molecular flexibility index (Phi) is 9.11. The molecule has 3 N–H and O–H groups in total. The number of nitrogens with zero attached hydrogens (tertiary/aromatic N) is 4. The molecule has 6 heterocycles. The van der Waals surface area contributed by atoms with E-state index < -0.39 is 12.2 Å². The summed E-state index contributed by atoms with van der Waals surface area (Å²) in [6.45, 7) is 9.37. The summed E-state index contributed by atoms with van der Waals surface area (Å²) in [5, 5.41) is 3.44. The quantitative estimate of drug-likeness (QED) is 0.447. The number of fused-ring (bicyclic) bond motifs is 5. The Morgan fingerprint density at radius 3 is 2.43 bits per heavy atom. The first kappa shape index (κ1) is 32.2. The molecule has 1 spiro atoms. The fourth-order valence-electron chi connectivity index (χ4n) is 8.78. The van der Waals surface area contributed by atoms with Crippen molar-refractivity contribution >= 4 is 40.9 Å². The Balaban J connectivity index is 1.04. The van der Waals surface area contributed by atoms with E-state index in [-0.39, 0.29) is 23.7 Å². The third kappa shape index (κ3) is 6.44. The molecular formula is C36H47ClN6O4. The first-order valence-corrected chi connectivity index (χ1v) is 17.8. The number of piperazine rings is 1. The van der Waals surface area contributed by atoms with Crippen LogP contribution in [0.5, 0.6) is 0 Å². The molecule has 6 aliphatic rings. The second kappa shape index (κ2) is 13.3. The molecule has 47 heavy (non-hydrogen) atoms. The van der Waals surface area contributed by atoms with Crippen LogP contribution in [0, 0.1) is 5.92 Å². The van der Waals surface area contributed by atoms with Gasteiger partial charge in [0.1, 0.15) is 0 Å². The summed E-state index contributed by atoms with van der Waals surface area (Å²) in [5.74, 6) is 0.594. The zero-order chi connectivity index (χ0) is 32.7. The molecule has 2 atom stereocenters. The van der Waals surface area contributed by atoms with Crippen LogP contribution < -0.4 is 11.1 Å². The number of rotatable bonds is 6. The molecule has 2 aromatic rings. The van der Waals surface area contributed by atoms with Gasteiger partial charge in [-0.2, -0.15) is 0 Å². The molecule has 0 aliphatic carbocycles. The fraction of sp³-hybridized carbons (Fsp3) is 0.583. The molecular weight excluding hydrogens is 616 g/mol. The van der Waals surface area contributed by atoms with Crippen LogP contribution in [0.3, 0.4) is 0 Å². The van der Waals surface area contributed by atoms with Crippen molar-refractivity contribution in [3.63, 3.8) is 0 Å². The van der Waals surface area contributed by atoms with Crippen molar-refractivity contribution in [1.82, 2.24) is 19.6 Å². The Bertz CT molecular complexity index is 1510. The van der Waals surface area contributed by atoms with Crippen LogP contribution in [-0.4, -0.2) is 109 Å². The maximum atomic E-state index is 14.2. The average molecular weight is 663 g/mol. The molecule has 1 unspecified atom stereocenters. The number of para-hydroxylation sites is 1. The summed E-state index contributed by atoms with van der Waals surface area (Å²) >= 11 is 6.50. The molecule has 2 aromatic carbocycles. The van der Waals surface area contributed by atoms with Gasteiger partial charge in [-0.15, -0.1) is 0 Å². The lowest BCUT2D eigenvalue weighted by molar-refractivity contribution is -0.143. The Morgan fingerprint density at radius 2 is 1.74 bits per heavy atom. The van der Waals surface area contributed by atoms with Crippen molar-refractivity contribution < 1.29 is 19.1 Å². The Morgan fingerprint density at radius 1 is 1.02 bits per heavy atom. The SMILES string of the molecule is CCc1cc(C[C@@H](OC(=O)N2CCC3(CC2)CC(=O)Nc2ccccc23)C(=O)N2CCN(C3CN4CCC3CC4)CC2)cc(Cl)c1N. The molecule has 0 radical (unpaired) electrons. The number of nitrogens with two attached hydrogens (primary N) is 1. The van der Waals surface area contributed by atoms with E-state index in [1.54, 1.807) is 11.0 Å². The number of carbonyl (C=O) groups excluding carboxylic acids is 3. The summed E-state index contributed by atoms with van der Waals surface area (Å²) < 4.78 is 6.12. The minimum atomic E-state index is -0.979. The second-order valence-electron chi connectivity index (χ2n) is 14.2. The van der Waals surface area contributed by atoms with Gasteiger partial charge in [0.2, 0.25) is 5.91 Å². The molecule has 0 aromatic heterocycles. The van der Waals surface area contributed by atoms with Gasteiger partial charge in [-0.25, -0.2) is 4.79 Å². The van der Waals surface area contributed by atoms with E-state index >= 15 is 0 Å². The van der Waals surface area contributed by atoms with E-state index in [2.05, 4.69) is 21.2 Å². The van der Waals surface area contributed by atoms with Gasteiger partial charge >= 0.3 is 6.09 Å². The monoisotopic (exact) mass is 662 g/mol. The summed E-state index contributed by atoms with van der Waals surface area (Å²) in [5.41, 5.74) is 10.2. The van der Waals surface area contributed by atoms with Gasteiger partial charge in [0, 0.05) is 75.8 Å². The van der Waals surface area contributed by atoms with Crippen molar-refractivity contribution in [3.8, 4) is 0 Å². The van der Waals surface area contributed by atoms with Crippen LogP contribution in [0.1, 0.15) is 55.7 Å². The molecule has 10 nitrogen and oxygen atoms in total. The predicted octanol–water partition coefficient (Wildman–Crippen LogP) is 4.15. The third-order valence-corrected chi connectivity index (χ3v) is 11.9. The van der Waals surface area contributed by atoms with Gasteiger partial charge in [0.05, 0.1) is 10.7 Å². The Hall–Kier alpha value is -3.34. The number of likely N-dealkylation sites (tertiary alicyclic amines) is 1. The number of halogens is 1. The van der Waals surface area contributed by atoms with E-state index in [9.17, 15) is 14.4 Å². The number of piperidine rings is 4. The van der Waals surface area contributed by atoms with Crippen molar-refractivity contribution in [2.75, 3.05) is 70.0 Å². The van der Waals surface area contributed by atoms with Gasteiger partial charge in [-0.05, 0) is 79.9 Å². The highest BCUT2D eigenvalue weighted by Gasteiger charge is 2.44. The second-order valence-corrected chi connectivity index (χ2v) is 14.6. The average Bonchev–Trinajstić information content (AvgIpc) is 3.10. The minimum absolute atomic E-state index is 0.00703. The maximum absolute atomic E-state index is 14.2. The van der Waals surface area contributed by atoms with Crippen LogP contribution in [0.2, 0.25) is 5.02 Å². The minimum Gasteiger partial charge on any atom is -0.436 e. The van der Waals surface area contributed by atoms with Crippen LogP contribution in [0.25, 0.3) is 0 Å². The van der Waals surface area contributed by atoms with Gasteiger partial charge in [0.25, 0.3) is 5.91 Å². The molecule has 11 heteroatoms. The van der Waals surface area contributed by atoms with Gasteiger partial charge in [-0.1, -0.05) is 42.8 Å². The first-order chi connectivity index (χ1) is 22.7. The number of benzene rings is 2. The third-order valence-electron chi connectivity index (χ3n) is 11.6. The number of nitrogen functional groups attached to an aromatic ring is 1. The summed E-state index contributed by atoms with van der Waals surface area (Å²) in [6.07, 6.45) is 3.70. The van der Waals surface area contributed by atoms with Gasteiger partial charge in [0.15, 0.2) is 6.10 Å². The van der Waals surface area contributed by atoms with E-state index in [0.29, 0.717) is 68.6 Å². The molecule has 0 saturated carbocycles. The number of hydrogen-bond acceptors (Lipinski definition) is 7. The van der Waals surface area contributed by atoms with E-state index in [1.165, 1.54) is 25.9 Å². The smallest absolute Gasteiger partial charge is 0.410 e. The summed E-state index contributed by atoms with van der Waals surface area (Å²) in [7, 11) is 0. The van der Waals surface area contributed by atoms with Crippen LogP contribution in [0.15, 0.2) is 36.4 Å². The molecule has 2 bridgehead atoms. The van der Waals surface area contributed by atoms with Gasteiger partial charge in [-0.3, -0.25) is 14.5 Å². The van der Waals surface area contributed by atoms with Crippen LogP contribution in [0.4, 0.5) is 16.2 Å². The van der Waals surface area contributed by atoms with Gasteiger partial charge < -0.3 is 30.5 Å². The summed E-state index contributed by atoms with van der Waals surface area (Å²) in [6, 6.07) is 12.3. The Labute approximate surface area is 282 Å². The fourth-order valence-corrected chi connectivity index (χ4v) is 9.04. The molecule has 3 amide bonds. The van der Waals surface area contributed by atoms with E-state index in [4.69, 9.17) is 22.1 Å². The first-order valence-electron chi connectivity index (χ1n) is 17.4. The van der Waals surface area contributed by atoms with Crippen molar-refractivity contribution in [1.29, 1.82) is 0 Å². The number of amides is 3. The largest absolute Gasteiger partial charge is 0.436 e. The molecule has 5 fully saturated rings. The lowest BCUT2D eigenvalue weighted by atomic mass is 9.68. The lowest BCUT2D eigenvalue weighted by Gasteiger charge is -2.51. The van der Waals surface area contributed by atoms with Crippen molar-refractivity contribution in [2.45, 2.75) is 69.4 Å². The number of aryl methyl sites for hydroxylation is 1. The number of hydrogen-bond donors (Lipinski definition) is 2. The normalized spacial score (nSPS) is 26.1. The van der Waals surface area contributed by atoms with E-state index in [0.717, 1.165) is 47.9 Å². The van der Waals surface area contributed by atoms with Crippen LogP contribution in [-0.2, 0) is 32.6 Å². The molecule has 252 valence electrons. The maximum Gasteiger partial charge on any atom is 0.410 e. The predicted molar refractivity (Wildman–Crippen MR) is 182 cm³/mol. The van der Waals surface area contributed by atoms with Crippen molar-refractivity contribution in [2.24, 2.45) is 5.92 Å². The number of anilines is 2. The molecule has 8 rings (SSSR count). The number of carbonyl (C=O) groups is 3. The topological polar surface area (TPSA) is 111 Å². The van der Waals surface area contributed by atoms with Crippen LogP contribution >= 0.6 is 11.6 Å². The molecule has 6 aliphatic heterocycles. The highest BCUT2D eigenvalue weighted by Crippen LogP contribution is 2.45. The molecule has 5 saturated heterocycles. The number of ether oxygens (including phenoxy) is 1. The summed E-state index contributed by atoms with van der Waals surface area (Å²) in [4.78, 5) is 49.2. The highest BCUT2D eigenvalue weighted by molar-refractivity contribution is 6.33. The standard InChI is InChI=1S/C36H47ClN6O4/c1-2-25-19-24(20-28(37)33(25)38)21-31(34(45)42-17-15-41(16-18-42)30-23-40-11-7-26(30)8-12-40)47-35(46)43-13-9-36(10-14-43)22-32(44)39-29-6-4-3-5-27(29)36/h3-6,19-20,26,30-31H,2,7-18,21-23,38H2,1H3,(H,39,44)/t30?,31-/m1/s1. The number of nitrogens with one attached hydrogen (secondary N) is 1. The van der Waals surface area contributed by atoms with Crippen molar-refractivity contribution in [3.05, 3.63) is 58.1 Å². The highest BCUT2D eigenvalue weighted by atomic mass is 35.5. The lowest BCUT2D eigenvalue weighted by Crippen LogP contribution is -2.62. The van der Waals surface area contributed by atoms with E-state index in [1.807, 2.05) is 36.1 Å². The zero-order valence-electron chi connectivity index (χ0n) is 27.4.